The Kier molecular flexibility index (Phi) is 7.38. The summed E-state index contributed by atoms with van der Waals surface area (Å²) < 4.78 is 215. The van der Waals surface area contributed by atoms with Gasteiger partial charge in [-0.3, -0.25) is 0 Å². The molecule has 0 N–H and O–H groups in total. The van der Waals surface area contributed by atoms with Crippen LogP contribution in [0.25, 0.3) is 0 Å². The van der Waals surface area contributed by atoms with E-state index in [9.17, 15) is 75.0 Å². The van der Waals surface area contributed by atoms with Crippen LogP contribution in [0.15, 0.2) is 12.2 Å². The van der Waals surface area contributed by atoms with E-state index in [1.165, 1.54) is 0 Å². The second-order valence-corrected chi connectivity index (χ2v) is 6.40. The Morgan fingerprint density at radius 3 is 1.19 bits per heavy atom. The third-order valence-corrected chi connectivity index (χ3v) is 3.72. The number of carbonyl (C=O) groups is 1. The first-order valence-electron chi connectivity index (χ1n) is 7.43. The first-order chi connectivity index (χ1) is 13.6. The molecule has 190 valence electrons. The van der Waals surface area contributed by atoms with Gasteiger partial charge in [0.15, 0.2) is 6.61 Å². The number of esters is 1. The van der Waals surface area contributed by atoms with Crippen LogP contribution in [0.1, 0.15) is 13.8 Å². The van der Waals surface area contributed by atoms with Crippen LogP contribution in [0, 0.1) is 0 Å². The number of carbonyl (C=O) groups excluding carboxylic acids is 1. The summed E-state index contributed by atoms with van der Waals surface area (Å²) in [6.07, 6.45) is 0. The largest absolute Gasteiger partial charge is 0.456 e. The van der Waals surface area contributed by atoms with Gasteiger partial charge in [0, 0.05) is 12.5 Å². The Bertz CT molecular complexity index is 734. The second-order valence-electron chi connectivity index (χ2n) is 6.40. The van der Waals surface area contributed by atoms with E-state index in [2.05, 4.69) is 11.3 Å². The highest BCUT2D eigenvalue weighted by Gasteiger charge is 2.94. The molecule has 0 heterocycles. The molecule has 0 fully saturated rings. The van der Waals surface area contributed by atoms with E-state index >= 15 is 0 Å². The van der Waals surface area contributed by atoms with Crippen molar-refractivity contribution in [3.63, 3.8) is 0 Å². The number of halogens is 16. The van der Waals surface area contributed by atoms with Crippen LogP contribution in [0.5, 0.6) is 0 Å². The van der Waals surface area contributed by atoms with Gasteiger partial charge >= 0.3 is 53.3 Å². The predicted octanol–water partition coefficient (Wildman–Crippen LogP) is 6.21. The van der Waals surface area contributed by atoms with Crippen molar-refractivity contribution in [1.29, 1.82) is 0 Å². The van der Waals surface area contributed by atoms with Gasteiger partial charge in [-0.25, -0.2) is 4.79 Å². The molecule has 0 aromatic carbocycles. The normalized spacial score (nSPS) is 15.6. The maximum atomic E-state index is 13.5. The molecule has 0 bridgehead atoms. The summed E-state index contributed by atoms with van der Waals surface area (Å²) in [5, 5.41) is 0. The molecule has 0 aliphatic carbocycles. The minimum atomic E-state index is -8.50. The molecule has 0 atom stereocenters. The first kappa shape index (κ1) is 30.1. The van der Waals surface area contributed by atoms with E-state index in [0.717, 1.165) is 0 Å². The molecule has 0 aliphatic heterocycles. The van der Waals surface area contributed by atoms with Crippen LogP contribution in [-0.2, 0) is 9.53 Å². The van der Waals surface area contributed by atoms with Crippen molar-refractivity contribution in [3.8, 4) is 0 Å². The molecular formula is C14H10F16O2. The standard InChI is InChI=1S/C14H10F16O2/c1-5(2)6(31)32-4-8(17,18)10(21,22)12(25,26)14(29,30)13(27,28)11(23,24)9(19,20)7(3,15)16/h1,4H2,2-3H3. The quantitative estimate of drug-likeness (QED) is 0.197. The third kappa shape index (κ3) is 4.08. The van der Waals surface area contributed by atoms with E-state index in [0.29, 0.717) is 6.92 Å². The van der Waals surface area contributed by atoms with Crippen molar-refractivity contribution in [3.05, 3.63) is 12.2 Å². The van der Waals surface area contributed by atoms with Gasteiger partial charge in [0.25, 0.3) is 0 Å². The summed E-state index contributed by atoms with van der Waals surface area (Å²) in [5.74, 6) is -63.8. The lowest BCUT2D eigenvalue weighted by Crippen LogP contribution is -2.74. The van der Waals surface area contributed by atoms with Gasteiger partial charge in [0.2, 0.25) is 0 Å². The second kappa shape index (κ2) is 7.85. The molecule has 2 nitrogen and oxygen atoms in total. The van der Waals surface area contributed by atoms with Crippen molar-refractivity contribution < 1.29 is 79.8 Å². The first-order valence-corrected chi connectivity index (χ1v) is 7.43. The number of rotatable bonds is 10. The zero-order chi connectivity index (χ0) is 26.6. The number of ether oxygens (including phenoxy) is 1. The maximum Gasteiger partial charge on any atom is 0.385 e. The highest BCUT2D eigenvalue weighted by atomic mass is 19.4. The minimum absolute atomic E-state index is 0.688. The SMILES string of the molecule is C=C(C)C(=O)OCC(F)(F)C(F)(F)C(F)(F)C(F)(F)C(F)(F)C(F)(F)C(F)(F)C(C)(F)F. The van der Waals surface area contributed by atoms with E-state index in [1.54, 1.807) is 0 Å². The van der Waals surface area contributed by atoms with Gasteiger partial charge in [-0.15, -0.1) is 0 Å². The van der Waals surface area contributed by atoms with E-state index < -0.39 is 72.5 Å². The Morgan fingerprint density at radius 1 is 0.625 bits per heavy atom. The predicted molar refractivity (Wildman–Crippen MR) is 71.0 cm³/mol. The molecule has 0 rings (SSSR count). The van der Waals surface area contributed by atoms with Gasteiger partial charge in [-0.1, -0.05) is 6.58 Å². The molecule has 0 unspecified atom stereocenters. The smallest absolute Gasteiger partial charge is 0.385 e. The molecule has 32 heavy (non-hydrogen) atoms. The van der Waals surface area contributed by atoms with Crippen LogP contribution in [0.4, 0.5) is 70.2 Å². The van der Waals surface area contributed by atoms with Crippen molar-refractivity contribution >= 4 is 5.97 Å². The Morgan fingerprint density at radius 2 is 0.906 bits per heavy atom. The Labute approximate surface area is 167 Å². The fourth-order valence-electron chi connectivity index (χ4n) is 1.66. The van der Waals surface area contributed by atoms with Crippen molar-refractivity contribution in [2.45, 2.75) is 61.2 Å². The monoisotopic (exact) mass is 514 g/mol. The van der Waals surface area contributed by atoms with Crippen LogP contribution in [-0.4, -0.2) is 60.0 Å². The summed E-state index contributed by atoms with van der Waals surface area (Å²) >= 11 is 0. The van der Waals surface area contributed by atoms with Crippen molar-refractivity contribution in [2.75, 3.05) is 6.61 Å². The lowest BCUT2D eigenvalue weighted by atomic mass is 9.88. The molecule has 0 aromatic heterocycles. The summed E-state index contributed by atoms with van der Waals surface area (Å²) in [4.78, 5) is 10.8. The summed E-state index contributed by atoms with van der Waals surface area (Å²) in [5.41, 5.74) is -0.838. The van der Waals surface area contributed by atoms with Crippen molar-refractivity contribution in [2.24, 2.45) is 0 Å². The van der Waals surface area contributed by atoms with E-state index in [4.69, 9.17) is 0 Å². The molecule has 0 saturated heterocycles. The molecule has 0 aromatic rings. The molecule has 18 heteroatoms. The summed E-state index contributed by atoms with van der Waals surface area (Å²) in [6, 6.07) is 0. The molecule has 0 saturated carbocycles. The van der Waals surface area contributed by atoms with Gasteiger partial charge in [-0.05, 0) is 6.92 Å². The minimum Gasteiger partial charge on any atom is -0.456 e. The highest BCUT2D eigenvalue weighted by Crippen LogP contribution is 2.63. The zero-order valence-corrected chi connectivity index (χ0v) is 15.3. The van der Waals surface area contributed by atoms with Crippen LogP contribution < -0.4 is 0 Å². The lowest BCUT2D eigenvalue weighted by Gasteiger charge is -2.43. The number of alkyl halides is 16. The fraction of sp³-hybridized carbons (Fsp3) is 0.786. The van der Waals surface area contributed by atoms with Gasteiger partial charge < -0.3 is 4.74 Å². The number of hydrogen-bond donors (Lipinski definition) is 0. The summed E-state index contributed by atoms with van der Waals surface area (Å²) in [6.45, 7) is -1.04. The Hall–Kier alpha value is -1.91. The van der Waals surface area contributed by atoms with Crippen LogP contribution in [0.2, 0.25) is 0 Å². The van der Waals surface area contributed by atoms with Crippen LogP contribution in [0.3, 0.4) is 0 Å². The lowest BCUT2D eigenvalue weighted by molar-refractivity contribution is -0.453. The summed E-state index contributed by atoms with van der Waals surface area (Å²) in [7, 11) is 0. The van der Waals surface area contributed by atoms with Gasteiger partial charge in [0.1, 0.15) is 0 Å². The molecule has 0 radical (unpaired) electrons. The zero-order valence-electron chi connectivity index (χ0n) is 15.3. The third-order valence-electron chi connectivity index (χ3n) is 3.72. The van der Waals surface area contributed by atoms with E-state index in [-0.39, 0.29) is 0 Å². The fourth-order valence-corrected chi connectivity index (χ4v) is 1.66. The maximum absolute atomic E-state index is 13.5. The molecule has 0 amide bonds. The van der Waals surface area contributed by atoms with Crippen molar-refractivity contribution in [1.82, 2.24) is 0 Å². The van der Waals surface area contributed by atoms with Gasteiger partial charge in [0.05, 0.1) is 0 Å². The molecule has 0 aliphatic rings. The average molecular weight is 514 g/mol. The average Bonchev–Trinajstić information content (AvgIpc) is 2.57. The number of hydrogen-bond acceptors (Lipinski definition) is 2. The van der Waals surface area contributed by atoms with Gasteiger partial charge in [-0.2, -0.15) is 70.2 Å². The topological polar surface area (TPSA) is 26.3 Å². The molecule has 0 spiro atoms. The highest BCUT2D eigenvalue weighted by molar-refractivity contribution is 5.86. The van der Waals surface area contributed by atoms with Crippen LogP contribution >= 0.6 is 0 Å². The Balaban J connectivity index is 6.53. The molecular weight excluding hydrogens is 504 g/mol. The van der Waals surface area contributed by atoms with E-state index in [1.807, 2.05) is 0 Å².